The van der Waals surface area contributed by atoms with Crippen LogP contribution in [-0.4, -0.2) is 8.42 Å². The Bertz CT molecular complexity index is 514. The van der Waals surface area contributed by atoms with E-state index in [9.17, 15) is 8.42 Å². The van der Waals surface area contributed by atoms with Crippen LogP contribution in [0.3, 0.4) is 0 Å². The first kappa shape index (κ1) is 10.8. The monoisotopic (exact) mass is 227 g/mol. The molecule has 0 aliphatic heterocycles. The summed E-state index contributed by atoms with van der Waals surface area (Å²) in [6, 6.07) is 5.75. The minimum Gasteiger partial charge on any atom is -0.219 e. The summed E-state index contributed by atoms with van der Waals surface area (Å²) < 4.78 is 22.6. The standard InChI is InChI=1S/C9H6ClNO2S/c1-2-14(12,13)8-4-3-7(6-11)9(10)5-8/h2-5H,1H2. The van der Waals surface area contributed by atoms with Gasteiger partial charge in [-0.1, -0.05) is 18.2 Å². The second-order valence-electron chi connectivity index (χ2n) is 2.47. The zero-order chi connectivity index (χ0) is 10.8. The maximum atomic E-state index is 11.3. The highest BCUT2D eigenvalue weighted by molar-refractivity contribution is 7.94. The van der Waals surface area contributed by atoms with Gasteiger partial charge in [0.15, 0.2) is 9.84 Å². The lowest BCUT2D eigenvalue weighted by molar-refractivity contribution is 0.604. The number of sulfone groups is 1. The third-order valence-corrected chi connectivity index (χ3v) is 3.27. The molecule has 0 amide bonds. The van der Waals surface area contributed by atoms with Crippen molar-refractivity contribution >= 4 is 21.4 Å². The fourth-order valence-corrected chi connectivity index (χ4v) is 1.88. The lowest BCUT2D eigenvalue weighted by Crippen LogP contribution is -1.95. The van der Waals surface area contributed by atoms with Gasteiger partial charge in [0.2, 0.25) is 0 Å². The summed E-state index contributed by atoms with van der Waals surface area (Å²) in [7, 11) is -3.48. The highest BCUT2D eigenvalue weighted by atomic mass is 35.5. The number of rotatable bonds is 2. The van der Waals surface area contributed by atoms with E-state index in [1.807, 2.05) is 6.07 Å². The van der Waals surface area contributed by atoms with Crippen LogP contribution in [-0.2, 0) is 9.84 Å². The molecule has 3 nitrogen and oxygen atoms in total. The summed E-state index contributed by atoms with van der Waals surface area (Å²) in [5.41, 5.74) is 0.245. The lowest BCUT2D eigenvalue weighted by atomic mass is 10.2. The van der Waals surface area contributed by atoms with Gasteiger partial charge >= 0.3 is 0 Å². The van der Waals surface area contributed by atoms with Crippen molar-refractivity contribution in [1.29, 1.82) is 5.26 Å². The fraction of sp³-hybridized carbons (Fsp3) is 0. The van der Waals surface area contributed by atoms with Gasteiger partial charge in [-0.05, 0) is 18.2 Å². The lowest BCUT2D eigenvalue weighted by Gasteiger charge is -1.99. The van der Waals surface area contributed by atoms with Gasteiger partial charge in [0.25, 0.3) is 0 Å². The van der Waals surface area contributed by atoms with E-state index in [4.69, 9.17) is 16.9 Å². The van der Waals surface area contributed by atoms with Gasteiger partial charge < -0.3 is 0 Å². The van der Waals surface area contributed by atoms with Gasteiger partial charge in [-0.15, -0.1) is 0 Å². The summed E-state index contributed by atoms with van der Waals surface area (Å²) in [4.78, 5) is 0.0384. The zero-order valence-electron chi connectivity index (χ0n) is 7.07. The normalized spacial score (nSPS) is 10.6. The number of halogens is 1. The Labute approximate surface area is 87.2 Å². The van der Waals surface area contributed by atoms with Gasteiger partial charge in [0.05, 0.1) is 15.5 Å². The summed E-state index contributed by atoms with van der Waals surface area (Å²) in [5, 5.41) is 9.52. The summed E-state index contributed by atoms with van der Waals surface area (Å²) in [6.45, 7) is 3.18. The molecule has 0 aromatic heterocycles. The number of hydrogen-bond acceptors (Lipinski definition) is 3. The fourth-order valence-electron chi connectivity index (χ4n) is 0.860. The highest BCUT2D eigenvalue weighted by Crippen LogP contribution is 2.21. The summed E-state index contributed by atoms with van der Waals surface area (Å²) in [5.74, 6) is 0. The molecule has 0 atom stereocenters. The van der Waals surface area contributed by atoms with Crippen LogP contribution in [0.15, 0.2) is 35.1 Å². The molecule has 0 heterocycles. The first-order chi connectivity index (χ1) is 6.51. The second kappa shape index (κ2) is 3.82. The molecule has 0 spiro atoms. The molecule has 0 aliphatic carbocycles. The van der Waals surface area contributed by atoms with Gasteiger partial charge in [-0.2, -0.15) is 5.26 Å². The van der Waals surface area contributed by atoms with E-state index in [-0.39, 0.29) is 15.5 Å². The Morgan fingerprint density at radius 1 is 1.50 bits per heavy atom. The van der Waals surface area contributed by atoms with E-state index >= 15 is 0 Å². The molecule has 0 N–H and O–H groups in total. The molecule has 1 aromatic rings. The quantitative estimate of drug-likeness (QED) is 0.778. The smallest absolute Gasteiger partial charge is 0.199 e. The number of benzene rings is 1. The van der Waals surface area contributed by atoms with Crippen LogP contribution in [0.5, 0.6) is 0 Å². The molecule has 0 bridgehead atoms. The molecule has 0 fully saturated rings. The van der Waals surface area contributed by atoms with Crippen molar-refractivity contribution < 1.29 is 8.42 Å². The highest BCUT2D eigenvalue weighted by Gasteiger charge is 2.11. The number of nitrogens with zero attached hydrogens (tertiary/aromatic N) is 1. The predicted molar refractivity (Wildman–Crippen MR) is 53.5 cm³/mol. The summed E-state index contributed by atoms with van der Waals surface area (Å²) >= 11 is 5.67. The Hall–Kier alpha value is -1.31. The third kappa shape index (κ3) is 1.95. The average Bonchev–Trinajstić information content (AvgIpc) is 2.17. The van der Waals surface area contributed by atoms with E-state index in [0.29, 0.717) is 0 Å². The number of nitriles is 1. The van der Waals surface area contributed by atoms with Crippen LogP contribution < -0.4 is 0 Å². The van der Waals surface area contributed by atoms with E-state index in [1.54, 1.807) is 0 Å². The van der Waals surface area contributed by atoms with Crippen molar-refractivity contribution in [2.45, 2.75) is 4.90 Å². The van der Waals surface area contributed by atoms with Crippen molar-refractivity contribution in [3.63, 3.8) is 0 Å². The minimum absolute atomic E-state index is 0.0384. The van der Waals surface area contributed by atoms with Crippen LogP contribution in [0.1, 0.15) is 5.56 Å². The Kier molecular flexibility index (Phi) is 2.94. The van der Waals surface area contributed by atoms with Crippen LogP contribution in [0.25, 0.3) is 0 Å². The molecule has 5 heteroatoms. The van der Waals surface area contributed by atoms with E-state index < -0.39 is 9.84 Å². The molecule has 0 radical (unpaired) electrons. The molecule has 0 unspecified atom stereocenters. The number of hydrogen-bond donors (Lipinski definition) is 0. The predicted octanol–water partition coefficient (Wildman–Crippen LogP) is 2.13. The van der Waals surface area contributed by atoms with Crippen molar-refractivity contribution in [3.8, 4) is 6.07 Å². The van der Waals surface area contributed by atoms with Gasteiger partial charge in [0.1, 0.15) is 6.07 Å². The van der Waals surface area contributed by atoms with Gasteiger partial charge in [0, 0.05) is 5.41 Å². The SMILES string of the molecule is C=CS(=O)(=O)c1ccc(C#N)c(Cl)c1. The topological polar surface area (TPSA) is 57.9 Å². The molecule has 0 saturated carbocycles. The Balaban J connectivity index is 3.38. The van der Waals surface area contributed by atoms with Crippen molar-refractivity contribution in [3.05, 3.63) is 40.8 Å². The van der Waals surface area contributed by atoms with Crippen LogP contribution in [0, 0.1) is 11.3 Å². The molecule has 1 aromatic carbocycles. The van der Waals surface area contributed by atoms with Gasteiger partial charge in [-0.3, -0.25) is 0 Å². The molecular formula is C9H6ClNO2S. The van der Waals surface area contributed by atoms with Gasteiger partial charge in [-0.25, -0.2) is 8.42 Å². The zero-order valence-corrected chi connectivity index (χ0v) is 8.64. The second-order valence-corrected chi connectivity index (χ2v) is 4.77. The molecular weight excluding hydrogens is 222 g/mol. The molecule has 0 aliphatic rings. The van der Waals surface area contributed by atoms with E-state index in [2.05, 4.69) is 6.58 Å². The molecule has 1 rings (SSSR count). The van der Waals surface area contributed by atoms with Crippen molar-refractivity contribution in [2.24, 2.45) is 0 Å². The van der Waals surface area contributed by atoms with E-state index in [0.717, 1.165) is 5.41 Å². The van der Waals surface area contributed by atoms with Crippen molar-refractivity contribution in [1.82, 2.24) is 0 Å². The Morgan fingerprint density at radius 2 is 2.14 bits per heavy atom. The molecule has 14 heavy (non-hydrogen) atoms. The largest absolute Gasteiger partial charge is 0.219 e. The van der Waals surface area contributed by atoms with Crippen LogP contribution >= 0.6 is 11.6 Å². The third-order valence-electron chi connectivity index (χ3n) is 1.61. The maximum Gasteiger partial charge on any atom is 0.199 e. The van der Waals surface area contributed by atoms with Crippen LogP contribution in [0.2, 0.25) is 5.02 Å². The molecule has 0 saturated heterocycles. The minimum atomic E-state index is -3.48. The van der Waals surface area contributed by atoms with Crippen LogP contribution in [0.4, 0.5) is 0 Å². The first-order valence-corrected chi connectivity index (χ1v) is 5.51. The molecule has 72 valence electrons. The maximum absolute atomic E-state index is 11.3. The average molecular weight is 228 g/mol. The summed E-state index contributed by atoms with van der Waals surface area (Å²) in [6.07, 6.45) is 0. The van der Waals surface area contributed by atoms with Crippen molar-refractivity contribution in [2.75, 3.05) is 0 Å². The van der Waals surface area contributed by atoms with E-state index in [1.165, 1.54) is 18.2 Å². The Morgan fingerprint density at radius 3 is 2.57 bits per heavy atom. The first-order valence-electron chi connectivity index (χ1n) is 3.58.